The first-order chi connectivity index (χ1) is 73.0. The molecular weight excluding hydrogens is 1880 g/mol. The number of pyridine rings is 10. The maximum Gasteiger partial charge on any atom is 0.356 e. The Balaban J connectivity index is 0.000000113. The van der Waals surface area contributed by atoms with Crippen molar-refractivity contribution < 1.29 is 43.0 Å². The number of aryl methyl sites for hydroxylation is 7. The molecule has 5 N–H and O–H groups in total. The van der Waals surface area contributed by atoms with Crippen molar-refractivity contribution in [2.24, 2.45) is 11.5 Å². The molecule has 0 aliphatic carbocycles. The Bertz CT molecular complexity index is 9040. The van der Waals surface area contributed by atoms with Crippen LogP contribution in [-0.2, 0) is 9.47 Å². The molecule has 0 fully saturated rings. The largest absolute Gasteiger partial charge is 0.478 e. The highest BCUT2D eigenvalue weighted by Crippen LogP contribution is 2.40. The summed E-state index contributed by atoms with van der Waals surface area (Å²) in [6.07, 6.45) is 20.7. The summed E-state index contributed by atoms with van der Waals surface area (Å²) >= 11 is 0. The predicted octanol–water partition coefficient (Wildman–Crippen LogP) is 24.6. The molecule has 150 heavy (non-hydrogen) atoms. The number of carbonyl (C=O) groups excluding carboxylic acids is 4. The van der Waals surface area contributed by atoms with Gasteiger partial charge in [-0.3, -0.25) is 43.3 Å². The number of rotatable bonds is 18. The number of para-hydroxylation sites is 1. The highest BCUT2D eigenvalue weighted by Gasteiger charge is 2.23. The van der Waals surface area contributed by atoms with E-state index in [4.69, 9.17) is 25.4 Å². The average molecular weight is 1980 g/mol. The van der Waals surface area contributed by atoms with Gasteiger partial charge in [-0.25, -0.2) is 43.0 Å². The van der Waals surface area contributed by atoms with Gasteiger partial charge in [0, 0.05) is 122 Å². The number of furan rings is 1. The number of nitrogens with zero attached hydrogens (tertiary/aromatic N) is 17. The highest BCUT2D eigenvalue weighted by atomic mass is 16.5. The molecule has 736 valence electrons. The summed E-state index contributed by atoms with van der Waals surface area (Å²) < 4.78 is 26.1. The molecule has 2 amide bonds. The van der Waals surface area contributed by atoms with Crippen molar-refractivity contribution >= 4 is 68.7 Å². The predicted molar refractivity (Wildman–Crippen MR) is 583 cm³/mol. The number of aromatic carboxylic acids is 1. The summed E-state index contributed by atoms with van der Waals surface area (Å²) in [6, 6.07) is 106. The van der Waals surface area contributed by atoms with Crippen LogP contribution in [0, 0.1) is 48.5 Å². The lowest BCUT2D eigenvalue weighted by Crippen LogP contribution is -2.13. The molecule has 24 rings (SSSR count). The zero-order chi connectivity index (χ0) is 104. The van der Waals surface area contributed by atoms with E-state index >= 15 is 0 Å². The third-order valence-electron chi connectivity index (χ3n) is 25.2. The van der Waals surface area contributed by atoms with Gasteiger partial charge in [-0.2, -0.15) is 15.3 Å². The SMILES string of the molecule is CCOC(=O)c1cnc2ccc(-c3ccccc3-c3cccc(C)n3)cn12.COC(=O)c1cnn2ccc(-c3ccccc3-c3cccc(C)n3)cc12.Cc1cccc(-c2ccccc2-c2ccc3ncc(C)n3c2)n1.Cc1cccc(-c2ccccc2-c2ccc3occ(C(N)=O)c3c2)n1.Cc1cccc(-c2ccccc2-c2ccn3ncc(C(=O)O)c3c2)n1.Cc1ccn(-c2ccccc2-c2ccc3ncc(C(N)=O)n3c2)n1. The van der Waals surface area contributed by atoms with E-state index in [1.807, 2.05) is 326 Å². The maximum atomic E-state index is 12.2. The van der Waals surface area contributed by atoms with Gasteiger partial charge in [-0.1, -0.05) is 176 Å². The van der Waals surface area contributed by atoms with Crippen molar-refractivity contribution in [3.05, 3.63) is 464 Å². The summed E-state index contributed by atoms with van der Waals surface area (Å²) in [7, 11) is 1.37. The lowest BCUT2D eigenvalue weighted by molar-refractivity contribution is 0.0516. The van der Waals surface area contributed by atoms with Gasteiger partial charge in [0.05, 0.1) is 95.0 Å². The van der Waals surface area contributed by atoms with Gasteiger partial charge in [0.15, 0.2) is 5.69 Å². The van der Waals surface area contributed by atoms with E-state index in [2.05, 4.69) is 145 Å². The number of esters is 2. The van der Waals surface area contributed by atoms with E-state index < -0.39 is 23.8 Å². The number of hydrogen-bond acceptors (Lipinski definition) is 19. The molecule has 28 heteroatoms. The number of hydrogen-bond donors (Lipinski definition) is 3. The number of carboxylic acids is 1. The molecule has 17 aromatic heterocycles. The van der Waals surface area contributed by atoms with Gasteiger partial charge in [0.1, 0.15) is 45.6 Å². The summed E-state index contributed by atoms with van der Waals surface area (Å²) in [5.74, 6) is -2.76. The van der Waals surface area contributed by atoms with Crippen LogP contribution in [0.15, 0.2) is 400 Å². The number of amides is 2. The Labute approximate surface area is 861 Å². The lowest BCUT2D eigenvalue weighted by Gasteiger charge is -2.11. The summed E-state index contributed by atoms with van der Waals surface area (Å²) in [6.45, 7) is 16.1. The fourth-order valence-electron chi connectivity index (χ4n) is 17.9. The molecule has 0 spiro atoms. The maximum absolute atomic E-state index is 12.2. The van der Waals surface area contributed by atoms with Crippen LogP contribution < -0.4 is 11.5 Å². The third kappa shape index (κ3) is 21.4. The van der Waals surface area contributed by atoms with E-state index in [9.17, 15) is 29.1 Å². The second kappa shape index (κ2) is 44.0. The summed E-state index contributed by atoms with van der Waals surface area (Å²) in [4.78, 5) is 94.9. The van der Waals surface area contributed by atoms with Crippen LogP contribution in [0.1, 0.15) is 98.8 Å². The van der Waals surface area contributed by atoms with E-state index in [0.717, 1.165) is 174 Å². The number of ether oxygens (including phenoxy) is 2. The van der Waals surface area contributed by atoms with Crippen LogP contribution in [0.2, 0.25) is 0 Å². The number of carboxylic acid groups (broad SMARTS) is 1. The van der Waals surface area contributed by atoms with Gasteiger partial charge in [-0.15, -0.1) is 0 Å². The lowest BCUT2D eigenvalue weighted by atomic mass is 9.96. The minimum Gasteiger partial charge on any atom is -0.478 e. The van der Waals surface area contributed by atoms with Gasteiger partial charge in [0.2, 0.25) is 0 Å². The van der Waals surface area contributed by atoms with Gasteiger partial charge in [-0.05, 0) is 257 Å². The molecule has 0 aliphatic heterocycles. The Morgan fingerprint density at radius 3 is 1.13 bits per heavy atom. The summed E-state index contributed by atoms with van der Waals surface area (Å²) in [5, 5.41) is 22.8. The topological polar surface area (TPSA) is 358 Å². The Kier molecular flexibility index (Phi) is 28.9. The quantitative estimate of drug-likeness (QED) is 0.0672. The minimum atomic E-state index is -0.985. The van der Waals surface area contributed by atoms with Crippen LogP contribution in [0.25, 0.3) is 168 Å². The number of imidazole rings is 3. The number of methoxy groups -OCH3 is 1. The van der Waals surface area contributed by atoms with Crippen LogP contribution in [0.4, 0.5) is 0 Å². The molecule has 0 bridgehead atoms. The number of nitrogens with two attached hydrogens (primary N) is 2. The number of benzene rings is 7. The van der Waals surface area contributed by atoms with Crippen LogP contribution in [-0.4, -0.2) is 131 Å². The van der Waals surface area contributed by atoms with Gasteiger partial charge < -0.3 is 34.9 Å². The van der Waals surface area contributed by atoms with Crippen molar-refractivity contribution in [3.8, 4) is 129 Å². The number of aromatic nitrogens is 17. The smallest absolute Gasteiger partial charge is 0.356 e. The zero-order valence-electron chi connectivity index (χ0n) is 83.2. The Hall–Kier alpha value is -20.2. The fraction of sp³-hybridized carbons (Fsp3) is 0.0820. The van der Waals surface area contributed by atoms with Gasteiger partial charge in [0.25, 0.3) is 11.8 Å². The molecule has 0 saturated carbocycles. The van der Waals surface area contributed by atoms with E-state index in [1.54, 1.807) is 37.1 Å². The zero-order valence-corrected chi connectivity index (χ0v) is 83.2. The molecule has 24 aromatic rings. The van der Waals surface area contributed by atoms with Crippen molar-refractivity contribution in [2.45, 2.75) is 55.4 Å². The van der Waals surface area contributed by atoms with Crippen LogP contribution in [0.5, 0.6) is 0 Å². The van der Waals surface area contributed by atoms with Crippen molar-refractivity contribution in [1.29, 1.82) is 0 Å². The molecule has 0 unspecified atom stereocenters. The molecule has 0 radical (unpaired) electrons. The number of primary amides is 2. The van der Waals surface area contributed by atoms with Gasteiger partial charge >= 0.3 is 17.9 Å². The first-order valence-corrected chi connectivity index (χ1v) is 48.2. The second-order valence-corrected chi connectivity index (χ2v) is 35.3. The molecule has 28 nitrogen and oxygen atoms in total. The average Bonchev–Trinajstić information content (AvgIpc) is 1.63. The first kappa shape index (κ1) is 98.6. The van der Waals surface area contributed by atoms with Crippen molar-refractivity contribution in [2.75, 3.05) is 13.7 Å². The monoisotopic (exact) mass is 1970 g/mol. The second-order valence-electron chi connectivity index (χ2n) is 35.3. The van der Waals surface area contributed by atoms with E-state index in [1.165, 1.54) is 37.5 Å². The highest BCUT2D eigenvalue weighted by molar-refractivity contribution is 6.07. The number of carbonyl (C=O) groups is 5. The standard InChI is InChI=1S/C22H19N3O2.C21H17N3O2.C21H16N2O2.C20H15N3O2.C20H17N3.C18H15N5O/c1-3-27-22(26)20-13-23-21-12-11-16(14-25(20)21)17-8-4-5-9-18(17)19-10-6-7-15(2)24-19;1-14-6-5-9-19(23-14)17-8-4-3-7-16(17)15-10-11-24-20(12-15)18(13-22-24)21(25)26-2;1-13-5-4-8-19(23-13)16-7-3-2-6-15(16)14-9-10-20-17(11-14)18(12-25-20)21(22)24;1-13-5-4-8-18(22-13)16-7-3-2-6-15(16)14-9-10-23-19(11-14)17(12-21-23)20(24)25;1-14-6-5-9-19(22-14)18-8-4-3-7-17(18)16-10-11-20-21-12-15(2)23(20)13-16;1-12-8-9-23(21-12)15-5-3-2-4-14(15)13-6-7-17-20-10-16(18(19)24)22(17)11-13/h4-14H,3H2,1-2H3;3-13H,1-2H3;2-12H,1H3,(H2,22,24);2-12H,1H3,(H,24,25);3-13H,1-2H3;2-11H,1H3,(H2,19,24). The van der Waals surface area contributed by atoms with Crippen molar-refractivity contribution in [1.82, 2.24) is 82.1 Å². The molecule has 17 heterocycles. The van der Waals surface area contributed by atoms with Crippen LogP contribution in [0.3, 0.4) is 0 Å². The summed E-state index contributed by atoms with van der Waals surface area (Å²) in [5.41, 5.74) is 47.1. The molecular formula is C122H99N19O9. The molecule has 7 aromatic carbocycles. The van der Waals surface area contributed by atoms with Crippen LogP contribution >= 0.6 is 0 Å². The van der Waals surface area contributed by atoms with Crippen molar-refractivity contribution in [3.63, 3.8) is 0 Å². The first-order valence-electron chi connectivity index (χ1n) is 48.2. The van der Waals surface area contributed by atoms with E-state index in [0.29, 0.717) is 57.0 Å². The normalized spacial score (nSPS) is 10.9. The minimum absolute atomic E-state index is 0.188. The fourth-order valence-corrected chi connectivity index (χ4v) is 17.9. The number of fused-ring (bicyclic) bond motifs is 6. The Morgan fingerprint density at radius 1 is 0.340 bits per heavy atom. The molecule has 0 saturated heterocycles. The Morgan fingerprint density at radius 2 is 0.713 bits per heavy atom. The third-order valence-corrected chi connectivity index (χ3v) is 25.2. The molecule has 0 atom stereocenters. The van der Waals surface area contributed by atoms with E-state index in [-0.39, 0.29) is 11.5 Å². The molecule has 0 aliphatic rings.